The molecule has 3 rings (SSSR count). The summed E-state index contributed by atoms with van der Waals surface area (Å²) in [5.41, 5.74) is 9.41. The van der Waals surface area contributed by atoms with E-state index < -0.39 is 0 Å². The molecular formula is C17H25N7O. The number of hydrogen-bond donors (Lipinski definition) is 3. The van der Waals surface area contributed by atoms with Gasteiger partial charge in [-0.05, 0) is 33.6 Å². The minimum Gasteiger partial charge on any atom is -0.395 e. The molecular weight excluding hydrogens is 318 g/mol. The van der Waals surface area contributed by atoms with Crippen LogP contribution in [0.15, 0.2) is 12.5 Å². The monoisotopic (exact) mass is 343 g/mol. The van der Waals surface area contributed by atoms with Crippen LogP contribution in [0.4, 0.5) is 11.4 Å². The maximum absolute atomic E-state index is 12.9. The summed E-state index contributed by atoms with van der Waals surface area (Å²) in [7, 11) is 1.87. The van der Waals surface area contributed by atoms with Crippen LogP contribution >= 0.6 is 0 Å². The van der Waals surface area contributed by atoms with E-state index in [0.717, 1.165) is 29.9 Å². The average molecular weight is 343 g/mol. The molecule has 1 saturated heterocycles. The second kappa shape index (κ2) is 6.70. The van der Waals surface area contributed by atoms with Gasteiger partial charge < -0.3 is 16.0 Å². The quantitative estimate of drug-likeness (QED) is 0.785. The third kappa shape index (κ3) is 3.04. The number of nitrogens with zero attached hydrogens (tertiary/aromatic N) is 4. The largest absolute Gasteiger partial charge is 0.395 e. The van der Waals surface area contributed by atoms with Crippen molar-refractivity contribution in [1.29, 1.82) is 0 Å². The lowest BCUT2D eigenvalue weighted by Crippen LogP contribution is -2.49. The summed E-state index contributed by atoms with van der Waals surface area (Å²) >= 11 is 0. The maximum Gasteiger partial charge on any atom is 0.276 e. The molecule has 0 aliphatic carbocycles. The molecule has 2 aromatic rings. The van der Waals surface area contributed by atoms with Crippen molar-refractivity contribution in [1.82, 2.24) is 25.1 Å². The first kappa shape index (κ1) is 17.2. The molecule has 1 aliphatic heterocycles. The minimum absolute atomic E-state index is 0.0670. The summed E-state index contributed by atoms with van der Waals surface area (Å²) in [6.07, 6.45) is 5.05. The average Bonchev–Trinajstić information content (AvgIpc) is 2.93. The number of piperidine rings is 1. The molecule has 0 saturated carbocycles. The van der Waals surface area contributed by atoms with Crippen LogP contribution < -0.4 is 11.1 Å². The molecule has 0 spiro atoms. The molecule has 2 unspecified atom stereocenters. The summed E-state index contributed by atoms with van der Waals surface area (Å²) in [6, 6.07) is 0.134. The number of aromatic nitrogens is 4. The van der Waals surface area contributed by atoms with Crippen molar-refractivity contribution in [2.45, 2.75) is 51.6 Å². The number of hydrogen-bond acceptors (Lipinski definition) is 6. The summed E-state index contributed by atoms with van der Waals surface area (Å²) in [4.78, 5) is 23.4. The molecule has 25 heavy (non-hydrogen) atoms. The second-order valence-corrected chi connectivity index (χ2v) is 6.76. The lowest BCUT2D eigenvalue weighted by atomic mass is 9.84. The van der Waals surface area contributed by atoms with E-state index in [-0.39, 0.29) is 23.9 Å². The van der Waals surface area contributed by atoms with Gasteiger partial charge in [-0.25, -0.2) is 9.97 Å². The van der Waals surface area contributed by atoms with Gasteiger partial charge in [0.2, 0.25) is 0 Å². The van der Waals surface area contributed by atoms with Crippen LogP contribution in [0, 0.1) is 6.92 Å². The fraction of sp³-hybridized carbons (Fsp3) is 0.529. The number of amides is 1. The van der Waals surface area contributed by atoms with Crippen molar-refractivity contribution in [2.24, 2.45) is 0 Å². The number of rotatable bonds is 3. The minimum atomic E-state index is -0.114. The van der Waals surface area contributed by atoms with Crippen molar-refractivity contribution in [3.63, 3.8) is 0 Å². The van der Waals surface area contributed by atoms with Gasteiger partial charge in [-0.3, -0.25) is 9.89 Å². The number of carbonyl (C=O) groups is 1. The van der Waals surface area contributed by atoms with Crippen molar-refractivity contribution >= 4 is 17.3 Å². The highest BCUT2D eigenvalue weighted by molar-refractivity contribution is 5.98. The number of aromatic amines is 1. The Morgan fingerprint density at radius 2 is 2.04 bits per heavy atom. The van der Waals surface area contributed by atoms with Crippen LogP contribution in [0.2, 0.25) is 0 Å². The molecule has 8 nitrogen and oxygen atoms in total. The molecule has 0 aromatic carbocycles. The van der Waals surface area contributed by atoms with E-state index in [9.17, 15) is 4.79 Å². The number of nitrogen functional groups attached to an aromatic ring is 1. The molecule has 8 heteroatoms. The van der Waals surface area contributed by atoms with Gasteiger partial charge >= 0.3 is 0 Å². The zero-order valence-corrected chi connectivity index (χ0v) is 15.1. The summed E-state index contributed by atoms with van der Waals surface area (Å²) < 4.78 is 0. The van der Waals surface area contributed by atoms with Gasteiger partial charge in [-0.1, -0.05) is 0 Å². The van der Waals surface area contributed by atoms with Crippen LogP contribution in [-0.2, 0) is 0 Å². The van der Waals surface area contributed by atoms with Crippen LogP contribution in [-0.4, -0.2) is 50.1 Å². The SMILES string of the molecule is CNc1cncnc1C1CC(C)N(C(=O)c2n[nH]c(C)c2N)C(C)C1. The topological polar surface area (TPSA) is 113 Å². The number of carbonyl (C=O) groups excluding carboxylic acids is 1. The predicted molar refractivity (Wildman–Crippen MR) is 96.4 cm³/mol. The van der Waals surface area contributed by atoms with Crippen molar-refractivity contribution in [2.75, 3.05) is 18.1 Å². The molecule has 0 radical (unpaired) electrons. The van der Waals surface area contributed by atoms with Gasteiger partial charge in [0.25, 0.3) is 5.91 Å². The smallest absolute Gasteiger partial charge is 0.276 e. The molecule has 4 N–H and O–H groups in total. The Bertz CT molecular complexity index is 760. The molecule has 0 bridgehead atoms. The number of aryl methyl sites for hydroxylation is 1. The Balaban J connectivity index is 1.83. The second-order valence-electron chi connectivity index (χ2n) is 6.76. The fourth-order valence-electron chi connectivity index (χ4n) is 3.79. The van der Waals surface area contributed by atoms with Gasteiger partial charge in [0.05, 0.1) is 29.0 Å². The Morgan fingerprint density at radius 3 is 2.60 bits per heavy atom. The number of anilines is 2. The number of likely N-dealkylation sites (tertiary alicyclic amines) is 1. The molecule has 2 atom stereocenters. The Kier molecular flexibility index (Phi) is 4.61. The van der Waals surface area contributed by atoms with E-state index >= 15 is 0 Å². The van der Waals surface area contributed by atoms with Gasteiger partial charge in [-0.15, -0.1) is 0 Å². The first-order chi connectivity index (χ1) is 11.9. The lowest BCUT2D eigenvalue weighted by molar-refractivity contribution is 0.0471. The van der Waals surface area contributed by atoms with E-state index in [2.05, 4.69) is 39.3 Å². The summed E-state index contributed by atoms with van der Waals surface area (Å²) in [6.45, 7) is 5.94. The van der Waals surface area contributed by atoms with Crippen molar-refractivity contribution in [3.8, 4) is 0 Å². The van der Waals surface area contributed by atoms with E-state index in [1.54, 1.807) is 12.5 Å². The Morgan fingerprint density at radius 1 is 1.36 bits per heavy atom. The number of nitrogens with two attached hydrogens (primary N) is 1. The molecule has 1 amide bonds. The molecule has 1 aliphatic rings. The van der Waals surface area contributed by atoms with E-state index in [4.69, 9.17) is 5.73 Å². The fourth-order valence-corrected chi connectivity index (χ4v) is 3.79. The predicted octanol–water partition coefficient (Wildman–Crippen LogP) is 1.93. The normalized spacial score (nSPS) is 23.5. The molecule has 3 heterocycles. The molecule has 2 aromatic heterocycles. The van der Waals surface area contributed by atoms with Gasteiger partial charge in [-0.2, -0.15) is 5.10 Å². The zero-order valence-electron chi connectivity index (χ0n) is 15.1. The summed E-state index contributed by atoms with van der Waals surface area (Å²) in [5.74, 6) is 0.162. The van der Waals surface area contributed by atoms with Crippen molar-refractivity contribution < 1.29 is 4.79 Å². The van der Waals surface area contributed by atoms with Gasteiger partial charge in [0.15, 0.2) is 5.69 Å². The highest BCUT2D eigenvalue weighted by Crippen LogP contribution is 2.37. The van der Waals surface area contributed by atoms with Crippen molar-refractivity contribution in [3.05, 3.63) is 29.6 Å². The molecule has 1 fully saturated rings. The first-order valence-corrected chi connectivity index (χ1v) is 8.54. The first-order valence-electron chi connectivity index (χ1n) is 8.54. The summed E-state index contributed by atoms with van der Waals surface area (Å²) in [5, 5.41) is 10.0. The Hall–Kier alpha value is -2.64. The van der Waals surface area contributed by atoms with Gasteiger partial charge in [0.1, 0.15) is 6.33 Å². The molecule has 134 valence electrons. The maximum atomic E-state index is 12.9. The van der Waals surface area contributed by atoms with Gasteiger partial charge in [0, 0.05) is 25.0 Å². The Labute approximate surface area is 147 Å². The number of H-pyrrole nitrogens is 1. The zero-order chi connectivity index (χ0) is 18.1. The third-order valence-electron chi connectivity index (χ3n) is 5.03. The lowest BCUT2D eigenvalue weighted by Gasteiger charge is -2.42. The van der Waals surface area contributed by atoms with Crippen LogP contribution in [0.1, 0.15) is 54.5 Å². The van der Waals surface area contributed by atoms with Crippen LogP contribution in [0.3, 0.4) is 0 Å². The number of nitrogens with one attached hydrogen (secondary N) is 2. The third-order valence-corrected chi connectivity index (χ3v) is 5.03. The highest BCUT2D eigenvalue weighted by Gasteiger charge is 2.37. The van der Waals surface area contributed by atoms with E-state index in [0.29, 0.717) is 11.4 Å². The van der Waals surface area contributed by atoms with E-state index in [1.807, 2.05) is 18.9 Å². The highest BCUT2D eigenvalue weighted by atomic mass is 16.2. The standard InChI is InChI=1S/C17H25N7O/c1-9-5-12(15-13(19-4)7-20-8-21-15)6-10(2)24(9)17(25)16-14(18)11(3)22-23-16/h7-10,12,19H,5-6,18H2,1-4H3,(H,22,23). The van der Waals surface area contributed by atoms with E-state index in [1.165, 1.54) is 0 Å². The van der Waals surface area contributed by atoms with Crippen LogP contribution in [0.5, 0.6) is 0 Å². The van der Waals surface area contributed by atoms with Crippen LogP contribution in [0.25, 0.3) is 0 Å².